The number of pyridine rings is 1. The molecule has 25 heavy (non-hydrogen) atoms. The van der Waals surface area contributed by atoms with E-state index in [-0.39, 0.29) is 17.7 Å². The van der Waals surface area contributed by atoms with Crippen LogP contribution >= 0.6 is 0 Å². The summed E-state index contributed by atoms with van der Waals surface area (Å²) in [4.78, 5) is 4.14. The average molecular weight is 366 g/mol. The molecule has 0 bridgehead atoms. The molecule has 0 aliphatic carbocycles. The Morgan fingerprint density at radius 3 is 3.00 bits per heavy atom. The van der Waals surface area contributed by atoms with Crippen LogP contribution in [-0.4, -0.2) is 48.5 Å². The van der Waals surface area contributed by atoms with E-state index in [4.69, 9.17) is 9.47 Å². The first kappa shape index (κ1) is 17.8. The van der Waals surface area contributed by atoms with E-state index >= 15 is 0 Å². The van der Waals surface area contributed by atoms with Crippen LogP contribution < -0.4 is 9.46 Å². The molecule has 3 rings (SSSR count). The lowest BCUT2D eigenvalue weighted by molar-refractivity contribution is 0.00146. The lowest BCUT2D eigenvalue weighted by atomic mass is 10.1. The van der Waals surface area contributed by atoms with Gasteiger partial charge in [0.05, 0.1) is 25.5 Å². The van der Waals surface area contributed by atoms with E-state index in [1.165, 1.54) is 16.9 Å². The van der Waals surface area contributed by atoms with Crippen LogP contribution in [0.15, 0.2) is 41.7 Å². The molecule has 1 fully saturated rings. The van der Waals surface area contributed by atoms with Gasteiger partial charge < -0.3 is 9.47 Å². The Morgan fingerprint density at radius 2 is 2.24 bits per heavy atom. The van der Waals surface area contributed by atoms with E-state index in [1.54, 1.807) is 18.3 Å². The van der Waals surface area contributed by atoms with Crippen LogP contribution in [0.2, 0.25) is 0 Å². The summed E-state index contributed by atoms with van der Waals surface area (Å²) in [6.07, 6.45) is 4.15. The zero-order valence-corrected chi connectivity index (χ0v) is 14.9. The highest BCUT2D eigenvalue weighted by molar-refractivity contribution is 7.89. The second kappa shape index (κ2) is 7.94. The summed E-state index contributed by atoms with van der Waals surface area (Å²) in [5, 5.41) is 4.23. The predicted molar refractivity (Wildman–Crippen MR) is 90.7 cm³/mol. The zero-order chi connectivity index (χ0) is 17.7. The summed E-state index contributed by atoms with van der Waals surface area (Å²) >= 11 is 0. The molecule has 9 heteroatoms. The molecular formula is C16H22N4O4S. The van der Waals surface area contributed by atoms with Crippen molar-refractivity contribution >= 4 is 10.0 Å². The Labute approximate surface area is 147 Å². The van der Waals surface area contributed by atoms with Crippen LogP contribution in [0.5, 0.6) is 5.88 Å². The van der Waals surface area contributed by atoms with Crippen molar-refractivity contribution in [1.82, 2.24) is 19.5 Å². The van der Waals surface area contributed by atoms with Crippen molar-refractivity contribution in [3.63, 3.8) is 0 Å². The normalized spacial score (nSPS) is 21.2. The first-order valence-corrected chi connectivity index (χ1v) is 9.78. The van der Waals surface area contributed by atoms with Gasteiger partial charge in [-0.2, -0.15) is 5.10 Å². The Kier molecular flexibility index (Phi) is 5.67. The smallest absolute Gasteiger partial charge is 0.258 e. The number of ether oxygens (including phenoxy) is 2. The summed E-state index contributed by atoms with van der Waals surface area (Å²) in [6.45, 7) is 3.28. The zero-order valence-electron chi connectivity index (χ0n) is 14.0. The van der Waals surface area contributed by atoms with Gasteiger partial charge >= 0.3 is 0 Å². The van der Waals surface area contributed by atoms with Gasteiger partial charge in [0.2, 0.25) is 5.88 Å². The van der Waals surface area contributed by atoms with Gasteiger partial charge in [-0.1, -0.05) is 13.0 Å². The molecule has 3 heterocycles. The van der Waals surface area contributed by atoms with Gasteiger partial charge in [0.1, 0.15) is 6.10 Å². The number of hydrogen-bond donors (Lipinski definition) is 1. The van der Waals surface area contributed by atoms with Crippen LogP contribution in [0.1, 0.15) is 19.8 Å². The summed E-state index contributed by atoms with van der Waals surface area (Å²) in [5.41, 5.74) is 0. The molecule has 0 saturated carbocycles. The number of aromatic nitrogens is 3. The predicted octanol–water partition coefficient (Wildman–Crippen LogP) is 1.20. The lowest BCUT2D eigenvalue weighted by Gasteiger charge is -2.31. The number of rotatable bonds is 7. The van der Waals surface area contributed by atoms with E-state index in [0.717, 1.165) is 6.42 Å². The fourth-order valence-electron chi connectivity index (χ4n) is 2.73. The van der Waals surface area contributed by atoms with Crippen molar-refractivity contribution in [2.24, 2.45) is 0 Å². The number of nitrogens with one attached hydrogen (secondary N) is 1. The van der Waals surface area contributed by atoms with Gasteiger partial charge in [0.15, 0.2) is 5.03 Å². The minimum absolute atomic E-state index is 0.150. The Hall–Kier alpha value is -1.97. The van der Waals surface area contributed by atoms with Crippen LogP contribution in [-0.2, 0) is 21.3 Å². The van der Waals surface area contributed by atoms with Crippen molar-refractivity contribution in [2.45, 2.75) is 43.5 Å². The van der Waals surface area contributed by atoms with Crippen LogP contribution in [0, 0.1) is 0 Å². The monoisotopic (exact) mass is 366 g/mol. The van der Waals surface area contributed by atoms with E-state index in [2.05, 4.69) is 14.8 Å². The molecule has 1 aliphatic rings. The van der Waals surface area contributed by atoms with Crippen molar-refractivity contribution in [3.8, 4) is 5.88 Å². The van der Waals surface area contributed by atoms with Crippen LogP contribution in [0.4, 0.5) is 0 Å². The van der Waals surface area contributed by atoms with Gasteiger partial charge in [-0.25, -0.2) is 18.1 Å². The molecule has 1 aliphatic heterocycles. The van der Waals surface area contributed by atoms with Crippen molar-refractivity contribution in [1.29, 1.82) is 0 Å². The summed E-state index contributed by atoms with van der Waals surface area (Å²) in [5.74, 6) is 0.467. The molecule has 0 unspecified atom stereocenters. The van der Waals surface area contributed by atoms with E-state index < -0.39 is 16.1 Å². The maximum atomic E-state index is 12.8. The summed E-state index contributed by atoms with van der Waals surface area (Å²) in [7, 11) is -3.72. The highest BCUT2D eigenvalue weighted by atomic mass is 32.2. The lowest BCUT2D eigenvalue weighted by Crippen LogP contribution is -2.52. The quantitative estimate of drug-likeness (QED) is 0.791. The molecule has 0 radical (unpaired) electrons. The second-order valence-electron chi connectivity index (χ2n) is 5.81. The minimum atomic E-state index is -3.72. The number of hydrogen-bond acceptors (Lipinski definition) is 6. The highest BCUT2D eigenvalue weighted by Gasteiger charge is 2.33. The highest BCUT2D eigenvalue weighted by Crippen LogP contribution is 2.18. The van der Waals surface area contributed by atoms with Gasteiger partial charge in [-0.15, -0.1) is 0 Å². The Bertz CT molecular complexity index is 778. The third-order valence-electron chi connectivity index (χ3n) is 3.90. The summed E-state index contributed by atoms with van der Waals surface area (Å²) in [6, 6.07) is 6.37. The molecule has 0 amide bonds. The Morgan fingerprint density at radius 1 is 1.36 bits per heavy atom. The molecule has 136 valence electrons. The van der Waals surface area contributed by atoms with E-state index in [9.17, 15) is 8.42 Å². The fourth-order valence-corrected chi connectivity index (χ4v) is 4.12. The molecule has 0 spiro atoms. The van der Waals surface area contributed by atoms with Crippen molar-refractivity contribution in [3.05, 3.63) is 36.7 Å². The first-order chi connectivity index (χ1) is 12.1. The Balaban J connectivity index is 1.75. The maximum absolute atomic E-state index is 12.8. The van der Waals surface area contributed by atoms with Crippen molar-refractivity contribution < 1.29 is 17.9 Å². The molecular weight excluding hydrogens is 344 g/mol. The largest absolute Gasteiger partial charge is 0.472 e. The van der Waals surface area contributed by atoms with Crippen LogP contribution in [0.25, 0.3) is 0 Å². The average Bonchev–Trinajstić information content (AvgIpc) is 3.07. The number of nitrogens with zero attached hydrogens (tertiary/aromatic N) is 3. The van der Waals surface area contributed by atoms with Gasteiger partial charge in [-0.3, -0.25) is 4.68 Å². The molecule has 2 aromatic rings. The fraction of sp³-hybridized carbons (Fsp3) is 0.500. The molecule has 0 aromatic carbocycles. The second-order valence-corrected chi connectivity index (χ2v) is 7.47. The minimum Gasteiger partial charge on any atom is -0.472 e. The van der Waals surface area contributed by atoms with Gasteiger partial charge in [0, 0.05) is 25.2 Å². The SMILES string of the molecule is CCCn1nccc1S(=O)(=O)N[C@@H]1COCC[C@H]1Oc1ccccn1. The van der Waals surface area contributed by atoms with Crippen LogP contribution in [0.3, 0.4) is 0 Å². The van der Waals surface area contributed by atoms with Gasteiger partial charge in [-0.05, 0) is 18.6 Å². The number of sulfonamides is 1. The summed E-state index contributed by atoms with van der Waals surface area (Å²) < 4.78 is 41.0. The first-order valence-electron chi connectivity index (χ1n) is 8.29. The maximum Gasteiger partial charge on any atom is 0.258 e. The molecule has 8 nitrogen and oxygen atoms in total. The molecule has 1 N–H and O–H groups in total. The standard InChI is InChI=1S/C16H22N4O4S/c1-2-10-20-16(6-9-18-20)25(21,22)19-13-12-23-11-7-14(13)24-15-5-3-4-8-17-15/h3-6,8-9,13-14,19H,2,7,10-12H2,1H3/t13-,14-/m1/s1. The van der Waals surface area contributed by atoms with E-state index in [1.807, 2.05) is 13.0 Å². The molecule has 2 atom stereocenters. The van der Waals surface area contributed by atoms with Crippen molar-refractivity contribution in [2.75, 3.05) is 13.2 Å². The topological polar surface area (TPSA) is 95.3 Å². The third-order valence-corrected chi connectivity index (χ3v) is 5.41. The molecule has 1 saturated heterocycles. The van der Waals surface area contributed by atoms with Gasteiger partial charge in [0.25, 0.3) is 10.0 Å². The third kappa shape index (κ3) is 4.36. The molecule has 2 aromatic heterocycles. The number of aryl methyl sites for hydroxylation is 1. The van der Waals surface area contributed by atoms with E-state index in [0.29, 0.717) is 25.5 Å².